The zero-order valence-corrected chi connectivity index (χ0v) is 11.9. The molecule has 5 heteroatoms. The number of H-pyrrole nitrogens is 1. The zero-order chi connectivity index (χ0) is 14.3. The number of nitrogens with one attached hydrogen (secondary N) is 2. The third kappa shape index (κ3) is 2.13. The lowest BCUT2D eigenvalue weighted by molar-refractivity contribution is 0.380. The summed E-state index contributed by atoms with van der Waals surface area (Å²) in [4.78, 5) is 18.4. The van der Waals surface area contributed by atoms with Crippen molar-refractivity contribution in [3.05, 3.63) is 28.8 Å². The average Bonchev–Trinajstić information content (AvgIpc) is 3.19. The molecule has 0 unspecified atom stereocenters. The van der Waals surface area contributed by atoms with Crippen LogP contribution in [0.3, 0.4) is 0 Å². The van der Waals surface area contributed by atoms with Gasteiger partial charge in [-0.05, 0) is 36.3 Å². The van der Waals surface area contributed by atoms with Crippen molar-refractivity contribution < 1.29 is 0 Å². The second-order valence-electron chi connectivity index (χ2n) is 6.06. The Morgan fingerprint density at radius 2 is 2.20 bits per heavy atom. The van der Waals surface area contributed by atoms with Gasteiger partial charge in [0.2, 0.25) is 0 Å². The van der Waals surface area contributed by atoms with Crippen molar-refractivity contribution in [2.75, 3.05) is 17.6 Å². The SMILES string of the molecule is CC(C)C1(CNc2cc3nc[nH]c(=O)c3cc2N)CC1. The number of nitrogens with zero attached hydrogens (tertiary/aromatic N) is 1. The van der Waals surface area contributed by atoms with Gasteiger partial charge in [0.15, 0.2) is 0 Å². The lowest BCUT2D eigenvalue weighted by atomic mass is 9.92. The first kappa shape index (κ1) is 13.0. The topological polar surface area (TPSA) is 83.8 Å². The highest BCUT2D eigenvalue weighted by Gasteiger charge is 2.44. The number of hydrogen-bond acceptors (Lipinski definition) is 4. The van der Waals surface area contributed by atoms with E-state index in [4.69, 9.17) is 5.73 Å². The van der Waals surface area contributed by atoms with Crippen LogP contribution in [0.1, 0.15) is 26.7 Å². The van der Waals surface area contributed by atoms with Gasteiger partial charge in [-0.2, -0.15) is 0 Å². The fraction of sp³-hybridized carbons (Fsp3) is 0.467. The maximum Gasteiger partial charge on any atom is 0.258 e. The Bertz CT molecular complexity index is 701. The van der Waals surface area contributed by atoms with Gasteiger partial charge < -0.3 is 16.0 Å². The van der Waals surface area contributed by atoms with Crippen LogP contribution in [0.5, 0.6) is 0 Å². The third-order valence-corrected chi connectivity index (χ3v) is 4.56. The summed E-state index contributed by atoms with van der Waals surface area (Å²) >= 11 is 0. The standard InChI is InChI=1S/C15H20N4O/c1-9(2)15(3-4-15)7-17-13-6-12-10(5-11(13)16)14(20)19-8-18-12/h5-6,8-9,17H,3-4,7,16H2,1-2H3,(H,18,19,20). The van der Waals surface area contributed by atoms with Crippen molar-refractivity contribution in [2.45, 2.75) is 26.7 Å². The highest BCUT2D eigenvalue weighted by atomic mass is 16.1. The fourth-order valence-corrected chi connectivity index (χ4v) is 2.68. The molecule has 0 bridgehead atoms. The lowest BCUT2D eigenvalue weighted by Gasteiger charge is -2.21. The van der Waals surface area contributed by atoms with Gasteiger partial charge in [0.25, 0.3) is 5.56 Å². The minimum atomic E-state index is -0.158. The second-order valence-corrected chi connectivity index (χ2v) is 6.06. The van der Waals surface area contributed by atoms with Gasteiger partial charge in [-0.15, -0.1) is 0 Å². The van der Waals surface area contributed by atoms with E-state index in [1.807, 2.05) is 6.07 Å². The molecule has 1 fully saturated rings. The molecule has 1 aliphatic carbocycles. The lowest BCUT2D eigenvalue weighted by Crippen LogP contribution is -2.21. The molecular weight excluding hydrogens is 252 g/mol. The fourth-order valence-electron chi connectivity index (χ4n) is 2.68. The van der Waals surface area contributed by atoms with Crippen molar-refractivity contribution in [2.24, 2.45) is 11.3 Å². The molecule has 5 nitrogen and oxygen atoms in total. The molecule has 3 rings (SSSR count). The van der Waals surface area contributed by atoms with Crippen LogP contribution in [-0.2, 0) is 0 Å². The number of aromatic amines is 1. The van der Waals surface area contributed by atoms with Gasteiger partial charge in [-0.3, -0.25) is 4.79 Å². The Morgan fingerprint density at radius 1 is 1.45 bits per heavy atom. The molecule has 106 valence electrons. The minimum Gasteiger partial charge on any atom is -0.397 e. The molecule has 4 N–H and O–H groups in total. The summed E-state index contributed by atoms with van der Waals surface area (Å²) < 4.78 is 0. The Hall–Kier alpha value is -2.04. The van der Waals surface area contributed by atoms with Gasteiger partial charge in [0.05, 0.1) is 28.6 Å². The van der Waals surface area contributed by atoms with Crippen molar-refractivity contribution >= 4 is 22.3 Å². The summed E-state index contributed by atoms with van der Waals surface area (Å²) in [5, 5.41) is 3.96. The zero-order valence-electron chi connectivity index (χ0n) is 11.9. The van der Waals surface area contributed by atoms with E-state index in [0.717, 1.165) is 12.2 Å². The van der Waals surface area contributed by atoms with Gasteiger partial charge in [-0.25, -0.2) is 4.98 Å². The van der Waals surface area contributed by atoms with E-state index in [2.05, 4.69) is 29.1 Å². The molecule has 0 aliphatic heterocycles. The number of fused-ring (bicyclic) bond motifs is 1. The first-order valence-corrected chi connectivity index (χ1v) is 7.03. The minimum absolute atomic E-state index is 0.158. The first-order valence-electron chi connectivity index (χ1n) is 7.03. The molecule has 20 heavy (non-hydrogen) atoms. The Morgan fingerprint density at radius 3 is 2.85 bits per heavy atom. The van der Waals surface area contributed by atoms with E-state index < -0.39 is 0 Å². The van der Waals surface area contributed by atoms with Crippen molar-refractivity contribution in [1.82, 2.24) is 9.97 Å². The monoisotopic (exact) mass is 272 g/mol. The maximum absolute atomic E-state index is 11.7. The highest BCUT2D eigenvalue weighted by Crippen LogP contribution is 2.51. The average molecular weight is 272 g/mol. The molecule has 0 amide bonds. The van der Waals surface area contributed by atoms with Crippen molar-refractivity contribution in [3.8, 4) is 0 Å². The summed E-state index contributed by atoms with van der Waals surface area (Å²) in [5.74, 6) is 0.664. The smallest absolute Gasteiger partial charge is 0.258 e. The quantitative estimate of drug-likeness (QED) is 0.746. The molecule has 1 heterocycles. The number of hydrogen-bond donors (Lipinski definition) is 3. The molecule has 1 aromatic heterocycles. The second kappa shape index (κ2) is 4.51. The number of aromatic nitrogens is 2. The number of benzene rings is 1. The number of nitrogen functional groups attached to an aromatic ring is 1. The van der Waals surface area contributed by atoms with E-state index in [-0.39, 0.29) is 5.56 Å². The van der Waals surface area contributed by atoms with Crippen LogP contribution in [0.4, 0.5) is 11.4 Å². The van der Waals surface area contributed by atoms with Gasteiger partial charge in [0, 0.05) is 6.54 Å². The number of rotatable bonds is 4. The van der Waals surface area contributed by atoms with E-state index in [0.29, 0.717) is 27.9 Å². The molecule has 0 atom stereocenters. The molecule has 2 aromatic rings. The Balaban J connectivity index is 1.89. The van der Waals surface area contributed by atoms with Gasteiger partial charge in [-0.1, -0.05) is 13.8 Å². The van der Waals surface area contributed by atoms with E-state index in [9.17, 15) is 4.79 Å². The number of anilines is 2. The van der Waals surface area contributed by atoms with Crippen molar-refractivity contribution in [3.63, 3.8) is 0 Å². The van der Waals surface area contributed by atoms with Crippen LogP contribution < -0.4 is 16.6 Å². The predicted octanol–water partition coefficient (Wildman–Crippen LogP) is 2.35. The van der Waals surface area contributed by atoms with E-state index in [1.54, 1.807) is 6.07 Å². The largest absolute Gasteiger partial charge is 0.397 e. The molecule has 0 saturated heterocycles. The van der Waals surface area contributed by atoms with Crippen LogP contribution in [0, 0.1) is 11.3 Å². The Kier molecular flexibility index (Phi) is 2.92. The predicted molar refractivity (Wildman–Crippen MR) is 81.8 cm³/mol. The van der Waals surface area contributed by atoms with Crippen molar-refractivity contribution in [1.29, 1.82) is 0 Å². The van der Waals surface area contributed by atoms with Gasteiger partial charge >= 0.3 is 0 Å². The summed E-state index contributed by atoms with van der Waals surface area (Å²) in [6.45, 7) is 5.45. The molecule has 1 aromatic carbocycles. The van der Waals surface area contributed by atoms with Crippen LogP contribution in [0.15, 0.2) is 23.3 Å². The molecule has 0 radical (unpaired) electrons. The van der Waals surface area contributed by atoms with E-state index in [1.165, 1.54) is 19.2 Å². The third-order valence-electron chi connectivity index (χ3n) is 4.56. The summed E-state index contributed by atoms with van der Waals surface area (Å²) in [5.41, 5.74) is 8.41. The molecule has 0 spiro atoms. The Labute approximate surface area is 117 Å². The van der Waals surface area contributed by atoms with Crippen LogP contribution in [0.2, 0.25) is 0 Å². The van der Waals surface area contributed by atoms with Gasteiger partial charge in [0.1, 0.15) is 0 Å². The molecular formula is C15H20N4O. The van der Waals surface area contributed by atoms with Crippen LogP contribution in [-0.4, -0.2) is 16.5 Å². The molecule has 1 aliphatic rings. The van der Waals surface area contributed by atoms with Crippen LogP contribution in [0.25, 0.3) is 10.9 Å². The summed E-state index contributed by atoms with van der Waals surface area (Å²) in [7, 11) is 0. The van der Waals surface area contributed by atoms with Crippen LogP contribution >= 0.6 is 0 Å². The summed E-state index contributed by atoms with van der Waals surface area (Å²) in [6, 6.07) is 3.55. The maximum atomic E-state index is 11.7. The highest BCUT2D eigenvalue weighted by molar-refractivity contribution is 5.88. The summed E-state index contributed by atoms with van der Waals surface area (Å²) in [6.07, 6.45) is 3.95. The first-order chi connectivity index (χ1) is 9.52. The normalized spacial score (nSPS) is 16.6. The molecule has 1 saturated carbocycles. The van der Waals surface area contributed by atoms with E-state index >= 15 is 0 Å². The number of nitrogens with two attached hydrogens (primary N) is 1.